The SMILES string of the molecule is COc1ccc(C)cc1S(=O)(=O)N(CC(=O)Nc1ccc2c(c1)OCO2)c1ccccc1. The first-order chi connectivity index (χ1) is 15.4. The molecule has 0 atom stereocenters. The van der Waals surface area contributed by atoms with Crippen molar-refractivity contribution in [1.82, 2.24) is 0 Å². The van der Waals surface area contributed by atoms with E-state index >= 15 is 0 Å². The Morgan fingerprint density at radius 1 is 1.03 bits per heavy atom. The van der Waals surface area contributed by atoms with Gasteiger partial charge in [0.05, 0.1) is 12.8 Å². The van der Waals surface area contributed by atoms with E-state index in [0.717, 1.165) is 9.87 Å². The lowest BCUT2D eigenvalue weighted by atomic mass is 10.2. The zero-order valence-electron chi connectivity index (χ0n) is 17.6. The summed E-state index contributed by atoms with van der Waals surface area (Å²) in [6, 6.07) is 18.3. The van der Waals surface area contributed by atoms with Gasteiger partial charge >= 0.3 is 0 Å². The van der Waals surface area contributed by atoms with Crippen LogP contribution in [-0.4, -0.2) is 34.8 Å². The van der Waals surface area contributed by atoms with E-state index in [9.17, 15) is 13.2 Å². The number of benzene rings is 3. The van der Waals surface area contributed by atoms with Crippen molar-refractivity contribution in [1.29, 1.82) is 0 Å². The minimum atomic E-state index is -4.11. The van der Waals surface area contributed by atoms with Crippen molar-refractivity contribution in [3.63, 3.8) is 0 Å². The molecule has 1 aliphatic heterocycles. The third-order valence-corrected chi connectivity index (χ3v) is 6.67. The molecule has 0 bridgehead atoms. The lowest BCUT2D eigenvalue weighted by molar-refractivity contribution is -0.114. The maximum atomic E-state index is 13.6. The van der Waals surface area contributed by atoms with Crippen LogP contribution in [0, 0.1) is 6.92 Å². The van der Waals surface area contributed by atoms with Crippen LogP contribution in [0.1, 0.15) is 5.56 Å². The summed E-state index contributed by atoms with van der Waals surface area (Å²) in [4.78, 5) is 12.9. The minimum absolute atomic E-state index is 0.0141. The summed E-state index contributed by atoms with van der Waals surface area (Å²) in [5.41, 5.74) is 1.58. The van der Waals surface area contributed by atoms with Crippen LogP contribution in [0.2, 0.25) is 0 Å². The zero-order chi connectivity index (χ0) is 22.7. The number of ether oxygens (including phenoxy) is 3. The lowest BCUT2D eigenvalue weighted by Crippen LogP contribution is -2.38. The second-order valence-corrected chi connectivity index (χ2v) is 8.95. The molecule has 8 nitrogen and oxygen atoms in total. The first kappa shape index (κ1) is 21.5. The molecule has 0 unspecified atom stereocenters. The van der Waals surface area contributed by atoms with Gasteiger partial charge in [0.2, 0.25) is 12.7 Å². The fourth-order valence-corrected chi connectivity index (χ4v) is 4.98. The third-order valence-electron chi connectivity index (χ3n) is 4.87. The number of nitrogens with zero attached hydrogens (tertiary/aromatic N) is 1. The van der Waals surface area contributed by atoms with Gasteiger partial charge in [-0.25, -0.2) is 8.42 Å². The first-order valence-corrected chi connectivity index (χ1v) is 11.2. The van der Waals surface area contributed by atoms with E-state index in [1.807, 2.05) is 0 Å². The number of hydrogen-bond donors (Lipinski definition) is 1. The number of para-hydroxylation sites is 1. The molecule has 32 heavy (non-hydrogen) atoms. The number of hydrogen-bond acceptors (Lipinski definition) is 6. The summed E-state index contributed by atoms with van der Waals surface area (Å²) in [7, 11) is -2.71. The van der Waals surface area contributed by atoms with Crippen molar-refractivity contribution in [3.8, 4) is 17.2 Å². The predicted molar refractivity (Wildman–Crippen MR) is 120 cm³/mol. The summed E-state index contributed by atoms with van der Waals surface area (Å²) >= 11 is 0. The highest BCUT2D eigenvalue weighted by molar-refractivity contribution is 7.93. The Balaban J connectivity index is 1.66. The summed E-state index contributed by atoms with van der Waals surface area (Å²) in [6.45, 7) is 1.47. The topological polar surface area (TPSA) is 94.2 Å². The number of carbonyl (C=O) groups is 1. The van der Waals surface area contributed by atoms with Crippen molar-refractivity contribution in [2.45, 2.75) is 11.8 Å². The Hall–Kier alpha value is -3.72. The normalized spacial score (nSPS) is 12.3. The monoisotopic (exact) mass is 454 g/mol. The number of amides is 1. The van der Waals surface area contributed by atoms with E-state index in [4.69, 9.17) is 14.2 Å². The molecule has 3 aromatic carbocycles. The Morgan fingerprint density at radius 2 is 1.78 bits per heavy atom. The molecule has 0 aliphatic carbocycles. The predicted octanol–water partition coefficient (Wildman–Crippen LogP) is 3.57. The highest BCUT2D eigenvalue weighted by atomic mass is 32.2. The molecule has 166 valence electrons. The fraction of sp³-hybridized carbons (Fsp3) is 0.174. The Bertz CT molecular complexity index is 1240. The maximum absolute atomic E-state index is 13.6. The molecule has 0 saturated heterocycles. The number of sulfonamides is 1. The van der Waals surface area contributed by atoms with Crippen LogP contribution < -0.4 is 23.8 Å². The lowest BCUT2D eigenvalue weighted by Gasteiger charge is -2.25. The maximum Gasteiger partial charge on any atom is 0.268 e. The van der Waals surface area contributed by atoms with Crippen LogP contribution in [0.25, 0.3) is 0 Å². The van der Waals surface area contributed by atoms with Gasteiger partial charge in [0.25, 0.3) is 10.0 Å². The van der Waals surface area contributed by atoms with Gasteiger partial charge in [-0.2, -0.15) is 0 Å². The van der Waals surface area contributed by atoms with Crippen molar-refractivity contribution in [2.24, 2.45) is 0 Å². The number of fused-ring (bicyclic) bond motifs is 1. The molecule has 0 aromatic heterocycles. The Morgan fingerprint density at radius 3 is 2.53 bits per heavy atom. The summed E-state index contributed by atoms with van der Waals surface area (Å²) in [5, 5.41) is 2.72. The van der Waals surface area contributed by atoms with Crippen LogP contribution in [0.4, 0.5) is 11.4 Å². The summed E-state index contributed by atoms with van der Waals surface area (Å²) in [6.07, 6.45) is 0. The zero-order valence-corrected chi connectivity index (χ0v) is 18.4. The van der Waals surface area contributed by atoms with Gasteiger partial charge in [-0.3, -0.25) is 9.10 Å². The molecule has 1 N–H and O–H groups in total. The smallest absolute Gasteiger partial charge is 0.268 e. The number of aryl methyl sites for hydroxylation is 1. The average Bonchev–Trinajstić information content (AvgIpc) is 3.26. The average molecular weight is 455 g/mol. The Labute approximate surface area is 186 Å². The van der Waals surface area contributed by atoms with Gasteiger partial charge in [-0.1, -0.05) is 24.3 Å². The molecule has 0 spiro atoms. The molecule has 0 radical (unpaired) electrons. The summed E-state index contributed by atoms with van der Waals surface area (Å²) in [5.74, 6) is 0.790. The minimum Gasteiger partial charge on any atom is -0.495 e. The van der Waals surface area contributed by atoms with Gasteiger partial charge < -0.3 is 19.5 Å². The first-order valence-electron chi connectivity index (χ1n) is 9.80. The number of rotatable bonds is 7. The quantitative estimate of drug-likeness (QED) is 0.587. The van der Waals surface area contributed by atoms with E-state index in [1.165, 1.54) is 13.2 Å². The van der Waals surface area contributed by atoms with Crippen molar-refractivity contribution in [3.05, 3.63) is 72.3 Å². The van der Waals surface area contributed by atoms with Crippen LogP contribution in [-0.2, 0) is 14.8 Å². The molecule has 9 heteroatoms. The van der Waals surface area contributed by atoms with E-state index in [2.05, 4.69) is 5.32 Å². The van der Waals surface area contributed by atoms with E-state index in [1.54, 1.807) is 67.6 Å². The standard InChI is InChI=1S/C23H22N2O6S/c1-16-8-10-20(29-2)22(12-16)32(27,28)25(18-6-4-3-5-7-18)14-23(26)24-17-9-11-19-21(13-17)31-15-30-19/h3-13H,14-15H2,1-2H3,(H,24,26). The van der Waals surface area contributed by atoms with Crippen LogP contribution >= 0.6 is 0 Å². The molecule has 4 rings (SSSR count). The fourth-order valence-electron chi connectivity index (χ4n) is 3.32. The molecule has 1 heterocycles. The molecular weight excluding hydrogens is 432 g/mol. The number of anilines is 2. The van der Waals surface area contributed by atoms with Crippen LogP contribution in [0.15, 0.2) is 71.6 Å². The second kappa shape index (κ2) is 8.80. The van der Waals surface area contributed by atoms with E-state index < -0.39 is 22.5 Å². The van der Waals surface area contributed by atoms with Gasteiger partial charge in [0.15, 0.2) is 11.5 Å². The van der Waals surface area contributed by atoms with Gasteiger partial charge in [-0.15, -0.1) is 0 Å². The van der Waals surface area contributed by atoms with Crippen LogP contribution in [0.3, 0.4) is 0 Å². The van der Waals surface area contributed by atoms with Gasteiger partial charge in [-0.05, 0) is 48.9 Å². The molecule has 0 saturated carbocycles. The third kappa shape index (κ3) is 4.33. The van der Waals surface area contributed by atoms with Crippen LogP contribution in [0.5, 0.6) is 17.2 Å². The Kier molecular flexibility index (Phi) is 5.91. The summed E-state index contributed by atoms with van der Waals surface area (Å²) < 4.78 is 44.2. The number of carbonyl (C=O) groups excluding carboxylic acids is 1. The van der Waals surface area contributed by atoms with Crippen molar-refractivity contribution in [2.75, 3.05) is 30.1 Å². The largest absolute Gasteiger partial charge is 0.495 e. The number of methoxy groups -OCH3 is 1. The second-order valence-electron chi connectivity index (χ2n) is 7.12. The molecular formula is C23H22N2O6S. The molecule has 1 aliphatic rings. The molecule has 1 amide bonds. The van der Waals surface area contributed by atoms with Crippen molar-refractivity contribution < 1.29 is 27.4 Å². The highest BCUT2D eigenvalue weighted by Gasteiger charge is 2.30. The molecule has 3 aromatic rings. The van der Waals surface area contributed by atoms with E-state index in [-0.39, 0.29) is 17.4 Å². The van der Waals surface area contributed by atoms with Crippen molar-refractivity contribution >= 4 is 27.3 Å². The van der Waals surface area contributed by atoms with Gasteiger partial charge in [0.1, 0.15) is 17.2 Å². The van der Waals surface area contributed by atoms with Gasteiger partial charge in [0, 0.05) is 11.8 Å². The number of nitrogens with one attached hydrogen (secondary N) is 1. The van der Waals surface area contributed by atoms with E-state index in [0.29, 0.717) is 22.9 Å². The highest BCUT2D eigenvalue weighted by Crippen LogP contribution is 2.34. The molecule has 0 fully saturated rings.